The second-order valence-corrected chi connectivity index (χ2v) is 16.2. The number of nitrogens with zero attached hydrogens (tertiary/aromatic N) is 2. The number of fused-ring (bicyclic) bond motifs is 3. The van der Waals surface area contributed by atoms with E-state index in [2.05, 4.69) is 5.10 Å². The third kappa shape index (κ3) is 5.32. The molecule has 1 unspecified atom stereocenters. The van der Waals surface area contributed by atoms with Crippen LogP contribution in [0.1, 0.15) is 36.1 Å². The van der Waals surface area contributed by atoms with Crippen LogP contribution in [0.2, 0.25) is 18.6 Å². The molecule has 0 saturated carbocycles. The van der Waals surface area contributed by atoms with Gasteiger partial charge in [-0.05, 0) is 61.0 Å². The summed E-state index contributed by atoms with van der Waals surface area (Å²) in [7, 11) is -1.83. The fourth-order valence-corrected chi connectivity index (χ4v) is 8.65. The topological polar surface area (TPSA) is 96.8 Å². The van der Waals surface area contributed by atoms with E-state index in [4.69, 9.17) is 9.47 Å². The molecule has 8 nitrogen and oxygen atoms in total. The number of aliphatic hydroxyl groups is 1. The number of ether oxygens (including phenoxy) is 2. The number of methoxy groups -OCH3 is 1. The Morgan fingerprint density at radius 3 is 2.56 bits per heavy atom. The Morgan fingerprint density at radius 2 is 1.86 bits per heavy atom. The van der Waals surface area contributed by atoms with Gasteiger partial charge in [-0.15, -0.1) is 0 Å². The first-order valence-corrected chi connectivity index (χ1v) is 17.8. The van der Waals surface area contributed by atoms with E-state index in [0.717, 1.165) is 22.2 Å². The highest BCUT2D eigenvalue weighted by molar-refractivity contribution is 6.72. The average Bonchev–Trinajstić information content (AvgIpc) is 3.34. The van der Waals surface area contributed by atoms with Gasteiger partial charge in [-0.2, -0.15) is 0 Å². The van der Waals surface area contributed by atoms with Gasteiger partial charge in [0.05, 0.1) is 35.3 Å². The predicted molar refractivity (Wildman–Crippen MR) is 166 cm³/mol. The summed E-state index contributed by atoms with van der Waals surface area (Å²) in [5, 5.41) is 13.9. The van der Waals surface area contributed by atoms with Gasteiger partial charge in [-0.25, -0.2) is 4.68 Å². The number of amides is 1. The van der Waals surface area contributed by atoms with Gasteiger partial charge in [0, 0.05) is 37.1 Å². The van der Waals surface area contributed by atoms with Crippen LogP contribution in [0.4, 0.5) is 4.11 Å². The van der Waals surface area contributed by atoms with Crippen LogP contribution in [-0.4, -0.2) is 60.0 Å². The first-order valence-electron chi connectivity index (χ1n) is 14.8. The lowest BCUT2D eigenvalue weighted by atomic mass is 9.86. The molecule has 10 heteroatoms. The molecular formula is C33H38FN3O5Si. The molecule has 2 N–H and O–H groups in total. The summed E-state index contributed by atoms with van der Waals surface area (Å²) in [6.07, 6.45) is -0.483. The van der Waals surface area contributed by atoms with E-state index < -0.39 is 26.2 Å². The number of benzene rings is 3. The zero-order chi connectivity index (χ0) is 30.5. The van der Waals surface area contributed by atoms with Crippen molar-refractivity contribution in [1.82, 2.24) is 14.7 Å². The van der Waals surface area contributed by atoms with Gasteiger partial charge in [0.25, 0.3) is 5.56 Å². The number of hydrogen-bond donors (Lipinski definition) is 2. The first kappa shape index (κ1) is 29.3. The van der Waals surface area contributed by atoms with Crippen molar-refractivity contribution in [2.45, 2.75) is 63.2 Å². The number of H-pyrrole nitrogens is 1. The van der Waals surface area contributed by atoms with Crippen molar-refractivity contribution >= 4 is 25.2 Å². The van der Waals surface area contributed by atoms with E-state index in [9.17, 15) is 14.7 Å². The number of aromatic amines is 1. The Morgan fingerprint density at radius 1 is 1.14 bits per heavy atom. The van der Waals surface area contributed by atoms with Crippen LogP contribution < -0.4 is 10.3 Å². The van der Waals surface area contributed by atoms with Crippen LogP contribution in [0.25, 0.3) is 16.6 Å². The molecule has 2 aliphatic heterocycles. The molecule has 1 aromatic heterocycles. The third-order valence-electron chi connectivity index (χ3n) is 9.22. The zero-order valence-electron chi connectivity index (χ0n) is 24.9. The molecule has 5 atom stereocenters. The molecule has 3 heterocycles. The number of rotatable bonds is 7. The highest BCUT2D eigenvalue weighted by Crippen LogP contribution is 2.48. The summed E-state index contributed by atoms with van der Waals surface area (Å²) >= 11 is 0. The molecule has 1 amide bonds. The highest BCUT2D eigenvalue weighted by atomic mass is 28.4. The van der Waals surface area contributed by atoms with Crippen LogP contribution in [0.5, 0.6) is 5.75 Å². The van der Waals surface area contributed by atoms with E-state index in [1.54, 1.807) is 43.3 Å². The predicted octanol–water partition coefficient (Wildman–Crippen LogP) is 5.28. The number of carbonyl (C=O) groups excluding carboxylic acids is 1. The number of halogens is 1. The van der Waals surface area contributed by atoms with Gasteiger partial charge in [0.1, 0.15) is 11.9 Å². The SMILES string of the molecule is CO[C@H]1c2cc(-n3[nH]c4ccccc4c3=O)ccc2O[C@@H](C(CC(=O)N2Cc3ccccc3C[C@H]2CO)[Si](C)(C)F)[C@@H]1C. The molecule has 4 aromatic rings. The summed E-state index contributed by atoms with van der Waals surface area (Å²) < 4.78 is 30.2. The minimum atomic E-state index is -3.44. The zero-order valence-corrected chi connectivity index (χ0v) is 25.9. The summed E-state index contributed by atoms with van der Waals surface area (Å²) in [5.74, 6) is 0.0998. The van der Waals surface area contributed by atoms with Crippen molar-refractivity contribution in [3.8, 4) is 11.4 Å². The van der Waals surface area contributed by atoms with Gasteiger partial charge in [-0.1, -0.05) is 43.3 Å². The summed E-state index contributed by atoms with van der Waals surface area (Å²) in [5.41, 5.74) is 3.52. The second-order valence-electron chi connectivity index (χ2n) is 12.3. The molecule has 3 aromatic carbocycles. The molecular weight excluding hydrogens is 565 g/mol. The van der Waals surface area contributed by atoms with Crippen molar-refractivity contribution in [3.63, 3.8) is 0 Å². The van der Waals surface area contributed by atoms with Crippen LogP contribution >= 0.6 is 0 Å². The summed E-state index contributed by atoms with van der Waals surface area (Å²) in [6, 6.07) is 20.4. The quantitative estimate of drug-likeness (QED) is 0.221. The third-order valence-corrected chi connectivity index (χ3v) is 11.5. The molecule has 0 aliphatic carbocycles. The molecule has 226 valence electrons. The van der Waals surface area contributed by atoms with Gasteiger partial charge < -0.3 is 23.6 Å². The first-order chi connectivity index (χ1) is 20.6. The smallest absolute Gasteiger partial charge is 0.279 e. The summed E-state index contributed by atoms with van der Waals surface area (Å²) in [4.78, 5) is 28.6. The number of carbonyl (C=O) groups is 1. The lowest BCUT2D eigenvalue weighted by Gasteiger charge is -2.44. The van der Waals surface area contributed by atoms with Crippen LogP contribution in [0, 0.1) is 5.92 Å². The standard InChI is InChI=1S/C33H38FN3O5Si/c1-20-31(41-2)26-16-23(37-33(40)25-11-7-8-12-27(25)35-37)13-14-28(26)42-32(20)29(43(3,4)34)17-30(39)36-18-22-10-6-5-9-21(22)15-24(36)19-38/h5-14,16,20,24,29,31-32,35,38H,15,17-19H2,1-4H3/t20-,24+,29?,31-,32-/m1/s1. The van der Waals surface area contributed by atoms with Crippen molar-refractivity contribution in [3.05, 3.63) is 93.8 Å². The Bertz CT molecular complexity index is 1710. The number of hydrogen-bond acceptors (Lipinski definition) is 5. The van der Waals surface area contributed by atoms with Gasteiger partial charge in [0.2, 0.25) is 14.3 Å². The molecule has 0 spiro atoms. The van der Waals surface area contributed by atoms with Crippen LogP contribution in [0.3, 0.4) is 0 Å². The van der Waals surface area contributed by atoms with E-state index in [-0.39, 0.29) is 36.5 Å². The largest absolute Gasteiger partial charge is 0.490 e. The van der Waals surface area contributed by atoms with Gasteiger partial charge in [0.15, 0.2) is 0 Å². The molecule has 6 rings (SSSR count). The molecule has 43 heavy (non-hydrogen) atoms. The molecule has 2 aliphatic rings. The highest BCUT2D eigenvalue weighted by Gasteiger charge is 2.49. The lowest BCUT2D eigenvalue weighted by Crippen LogP contribution is -2.50. The fraction of sp³-hybridized carbons (Fsp3) is 0.394. The minimum absolute atomic E-state index is 0.0162. The van der Waals surface area contributed by atoms with Crippen LogP contribution in [-0.2, 0) is 22.5 Å². The van der Waals surface area contributed by atoms with Crippen molar-refractivity contribution < 1.29 is 23.5 Å². The lowest BCUT2D eigenvalue weighted by molar-refractivity contribution is -0.136. The van der Waals surface area contributed by atoms with Gasteiger partial charge >= 0.3 is 0 Å². The van der Waals surface area contributed by atoms with E-state index in [1.807, 2.05) is 55.5 Å². The van der Waals surface area contributed by atoms with Crippen LogP contribution in [0.15, 0.2) is 71.5 Å². The van der Waals surface area contributed by atoms with Gasteiger partial charge in [-0.3, -0.25) is 14.7 Å². The van der Waals surface area contributed by atoms with E-state index in [0.29, 0.717) is 29.8 Å². The minimum Gasteiger partial charge on any atom is -0.490 e. The summed E-state index contributed by atoms with van der Waals surface area (Å²) in [6.45, 7) is 5.45. The Hall–Kier alpha value is -3.73. The van der Waals surface area contributed by atoms with Crippen molar-refractivity contribution in [2.75, 3.05) is 13.7 Å². The molecule has 0 radical (unpaired) electrons. The Labute approximate surface area is 251 Å². The maximum absolute atomic E-state index is 16.2. The number of nitrogens with one attached hydrogen (secondary N) is 1. The number of aromatic nitrogens is 2. The molecule has 0 saturated heterocycles. The molecule has 0 bridgehead atoms. The maximum atomic E-state index is 16.2. The Kier molecular flexibility index (Phi) is 7.78. The number of para-hydroxylation sites is 1. The fourth-order valence-electron chi connectivity index (χ4n) is 6.84. The van der Waals surface area contributed by atoms with E-state index >= 15 is 4.11 Å². The Balaban J connectivity index is 1.30. The normalized spacial score (nSPS) is 22.5. The molecule has 0 fully saturated rings. The van der Waals surface area contributed by atoms with Crippen molar-refractivity contribution in [1.29, 1.82) is 0 Å². The van der Waals surface area contributed by atoms with Crippen molar-refractivity contribution in [2.24, 2.45) is 5.92 Å². The second kappa shape index (κ2) is 11.4. The maximum Gasteiger partial charge on any atom is 0.279 e. The monoisotopic (exact) mass is 603 g/mol. The van der Waals surface area contributed by atoms with E-state index in [1.165, 1.54) is 4.68 Å². The number of aliphatic hydroxyl groups excluding tert-OH is 1. The average molecular weight is 604 g/mol.